The fourth-order valence-electron chi connectivity index (χ4n) is 2.07. The highest BCUT2D eigenvalue weighted by Crippen LogP contribution is 2.25. The maximum atomic E-state index is 11.8. The minimum Gasteiger partial charge on any atom is -0.447 e. The number of ketones is 1. The van der Waals surface area contributed by atoms with Crippen LogP contribution >= 0.6 is 0 Å². The number of amides is 2. The van der Waals surface area contributed by atoms with Crippen LogP contribution in [-0.2, 0) is 19.1 Å². The summed E-state index contributed by atoms with van der Waals surface area (Å²) < 4.78 is 10.3. The minimum atomic E-state index is -1.44. The molecule has 1 fully saturated rings. The van der Waals surface area contributed by atoms with E-state index in [0.29, 0.717) is 0 Å². The molecule has 1 heterocycles. The van der Waals surface area contributed by atoms with Crippen molar-refractivity contribution in [2.24, 2.45) is 0 Å². The van der Waals surface area contributed by atoms with E-state index in [2.05, 4.69) is 11.2 Å². The number of Topliss-reactive ketones (excluding diaryl/α,β-unsaturated/α-hetero) is 1. The Balaban J connectivity index is 2.80. The molecule has 1 aliphatic rings. The van der Waals surface area contributed by atoms with Crippen LogP contribution in [0, 0.1) is 12.3 Å². The summed E-state index contributed by atoms with van der Waals surface area (Å²) in [5, 5.41) is 22.5. The average molecular weight is 354 g/mol. The molecular formula is C16H22N2O7. The van der Waals surface area contributed by atoms with Crippen molar-refractivity contribution in [1.29, 1.82) is 0 Å². The third kappa shape index (κ3) is 5.56. The number of ether oxygens (including phenoxy) is 2. The fourth-order valence-corrected chi connectivity index (χ4v) is 2.07. The van der Waals surface area contributed by atoms with E-state index in [9.17, 15) is 24.6 Å². The van der Waals surface area contributed by atoms with Gasteiger partial charge in [-0.3, -0.25) is 14.5 Å². The summed E-state index contributed by atoms with van der Waals surface area (Å²) >= 11 is 0. The zero-order valence-corrected chi connectivity index (χ0v) is 14.3. The summed E-state index contributed by atoms with van der Waals surface area (Å²) in [5.74, 6) is 1.44. The maximum absolute atomic E-state index is 11.8. The van der Waals surface area contributed by atoms with Crippen LogP contribution in [0.25, 0.3) is 0 Å². The molecule has 0 saturated carbocycles. The number of alkyl carbamates (subject to hydrolysis) is 1. The van der Waals surface area contributed by atoms with Crippen molar-refractivity contribution >= 4 is 17.8 Å². The summed E-state index contributed by atoms with van der Waals surface area (Å²) in [7, 11) is 0. The number of nitrogens with zero attached hydrogens (tertiary/aromatic N) is 1. The van der Waals surface area contributed by atoms with Crippen molar-refractivity contribution < 1.29 is 34.1 Å². The lowest BCUT2D eigenvalue weighted by atomic mass is 10.1. The smallest absolute Gasteiger partial charge is 0.407 e. The third-order valence-corrected chi connectivity index (χ3v) is 3.58. The topological polar surface area (TPSA) is 125 Å². The lowest BCUT2D eigenvalue weighted by Crippen LogP contribution is -2.44. The van der Waals surface area contributed by atoms with Gasteiger partial charge in [0.15, 0.2) is 12.0 Å². The van der Waals surface area contributed by atoms with E-state index in [1.807, 2.05) is 0 Å². The number of terminal acetylenes is 1. The van der Waals surface area contributed by atoms with E-state index in [1.54, 1.807) is 0 Å². The molecule has 0 aliphatic carbocycles. The van der Waals surface area contributed by atoms with Gasteiger partial charge >= 0.3 is 6.09 Å². The van der Waals surface area contributed by atoms with Crippen LogP contribution in [-0.4, -0.2) is 70.6 Å². The van der Waals surface area contributed by atoms with Gasteiger partial charge in [0.1, 0.15) is 24.9 Å². The number of aliphatic hydroxyl groups is 2. The second-order valence-electron chi connectivity index (χ2n) is 5.50. The second-order valence-corrected chi connectivity index (χ2v) is 5.50. The van der Waals surface area contributed by atoms with Gasteiger partial charge in [0.25, 0.3) is 0 Å². The molecule has 0 bridgehead atoms. The maximum Gasteiger partial charge on any atom is 0.407 e. The molecule has 0 spiro atoms. The molecular weight excluding hydrogens is 332 g/mol. The summed E-state index contributed by atoms with van der Waals surface area (Å²) in [4.78, 5) is 35.5. The van der Waals surface area contributed by atoms with Crippen molar-refractivity contribution in [2.75, 3.05) is 13.2 Å². The first-order valence-corrected chi connectivity index (χ1v) is 7.53. The van der Waals surface area contributed by atoms with Gasteiger partial charge in [0.2, 0.25) is 5.91 Å². The Bertz CT molecular complexity index is 596. The Kier molecular flexibility index (Phi) is 7.57. The van der Waals surface area contributed by atoms with Crippen LogP contribution in [0.1, 0.15) is 20.8 Å². The van der Waals surface area contributed by atoms with E-state index in [-0.39, 0.29) is 24.5 Å². The molecule has 0 aromatic rings. The lowest BCUT2D eigenvalue weighted by Gasteiger charge is -2.26. The number of rotatable bonds is 6. The van der Waals surface area contributed by atoms with E-state index in [4.69, 9.17) is 15.9 Å². The van der Waals surface area contributed by atoms with Gasteiger partial charge < -0.3 is 25.0 Å². The van der Waals surface area contributed by atoms with Gasteiger partial charge in [-0.15, -0.1) is 6.42 Å². The second kappa shape index (κ2) is 9.17. The molecule has 25 heavy (non-hydrogen) atoms. The molecule has 0 aromatic carbocycles. The first-order chi connectivity index (χ1) is 11.7. The molecule has 2 amide bonds. The SMILES string of the molecule is C#CCNC(=O)OC[C@H]1O[C@@H](N(/C=C(/C)C(C)=O)C(C)=O)[C@@H](O)C1O. The Morgan fingerprint density at radius 1 is 1.28 bits per heavy atom. The fraction of sp³-hybridized carbons (Fsp3) is 0.562. The van der Waals surface area contributed by atoms with Crippen LogP contribution in [0.3, 0.4) is 0 Å². The molecule has 9 heteroatoms. The zero-order chi connectivity index (χ0) is 19.1. The van der Waals surface area contributed by atoms with Gasteiger partial charge in [0, 0.05) is 18.7 Å². The number of hydrogen-bond acceptors (Lipinski definition) is 7. The first-order valence-electron chi connectivity index (χ1n) is 7.53. The Hall–Kier alpha value is -2.41. The summed E-state index contributed by atoms with van der Waals surface area (Å²) in [6.07, 6.45) is 0.329. The number of allylic oxidation sites excluding steroid dienone is 1. The van der Waals surface area contributed by atoms with Crippen molar-refractivity contribution in [3.8, 4) is 12.3 Å². The number of aliphatic hydroxyl groups excluding tert-OH is 2. The average Bonchev–Trinajstić information content (AvgIpc) is 2.83. The predicted molar refractivity (Wildman–Crippen MR) is 85.8 cm³/mol. The van der Waals surface area contributed by atoms with E-state index >= 15 is 0 Å². The van der Waals surface area contributed by atoms with Gasteiger partial charge in [-0.25, -0.2) is 4.79 Å². The van der Waals surface area contributed by atoms with Gasteiger partial charge in [0.05, 0.1) is 6.54 Å². The minimum absolute atomic E-state index is 0.0224. The third-order valence-electron chi connectivity index (χ3n) is 3.58. The molecule has 9 nitrogen and oxygen atoms in total. The number of carbonyl (C=O) groups is 3. The van der Waals surface area contributed by atoms with Crippen LogP contribution in [0.15, 0.2) is 11.8 Å². The number of carbonyl (C=O) groups excluding carboxylic acids is 3. The molecule has 0 aromatic heterocycles. The van der Waals surface area contributed by atoms with E-state index < -0.39 is 36.5 Å². The van der Waals surface area contributed by atoms with Crippen molar-refractivity contribution in [2.45, 2.75) is 45.3 Å². The van der Waals surface area contributed by atoms with Crippen LogP contribution in [0.2, 0.25) is 0 Å². The summed E-state index contributed by atoms with van der Waals surface area (Å²) in [6.45, 7) is 3.68. The van der Waals surface area contributed by atoms with Crippen molar-refractivity contribution in [3.05, 3.63) is 11.8 Å². The molecule has 0 radical (unpaired) electrons. The largest absolute Gasteiger partial charge is 0.447 e. The zero-order valence-electron chi connectivity index (χ0n) is 14.3. The number of hydrogen-bond donors (Lipinski definition) is 3. The Morgan fingerprint density at radius 3 is 2.44 bits per heavy atom. The van der Waals surface area contributed by atoms with Crippen molar-refractivity contribution in [3.63, 3.8) is 0 Å². The predicted octanol–water partition coefficient (Wildman–Crippen LogP) is -0.866. The Labute approximate surface area is 145 Å². The van der Waals surface area contributed by atoms with E-state index in [1.165, 1.54) is 27.0 Å². The van der Waals surface area contributed by atoms with Gasteiger partial charge in [-0.2, -0.15) is 0 Å². The van der Waals surface area contributed by atoms with Gasteiger partial charge in [-0.1, -0.05) is 5.92 Å². The monoisotopic (exact) mass is 354 g/mol. The molecule has 1 rings (SSSR count). The molecule has 3 N–H and O–H groups in total. The number of nitrogens with one attached hydrogen (secondary N) is 1. The normalized spacial score (nSPS) is 25.8. The Morgan fingerprint density at radius 2 is 1.92 bits per heavy atom. The molecule has 138 valence electrons. The standard InChI is InChI=1S/C16H22N2O7/c1-5-6-17-16(23)24-8-12-13(21)14(22)15(25-12)18(11(4)20)7-9(2)10(3)19/h1,7,12-15,21-22H,6,8H2,2-4H3,(H,17,23)/b9-7-/t12-,13?,14+,15-/m1/s1. The lowest BCUT2D eigenvalue weighted by molar-refractivity contribution is -0.143. The summed E-state index contributed by atoms with van der Waals surface area (Å²) in [6, 6.07) is 0. The van der Waals surface area contributed by atoms with Gasteiger partial charge in [-0.05, 0) is 13.8 Å². The highest BCUT2D eigenvalue weighted by molar-refractivity contribution is 5.93. The van der Waals surface area contributed by atoms with Crippen molar-refractivity contribution in [1.82, 2.24) is 10.2 Å². The molecule has 1 saturated heterocycles. The molecule has 1 aliphatic heterocycles. The first kappa shape index (κ1) is 20.6. The van der Waals surface area contributed by atoms with E-state index in [0.717, 1.165) is 4.90 Å². The van der Waals surface area contributed by atoms with Crippen LogP contribution in [0.4, 0.5) is 4.79 Å². The molecule has 1 unspecified atom stereocenters. The van der Waals surface area contributed by atoms with Crippen LogP contribution in [0.5, 0.6) is 0 Å². The highest BCUT2D eigenvalue weighted by atomic mass is 16.6. The summed E-state index contributed by atoms with van der Waals surface area (Å²) in [5.41, 5.74) is 0.272. The molecule has 4 atom stereocenters. The van der Waals surface area contributed by atoms with Crippen LogP contribution < -0.4 is 5.32 Å². The highest BCUT2D eigenvalue weighted by Gasteiger charge is 2.46. The quantitative estimate of drug-likeness (QED) is 0.418.